The Balaban J connectivity index is 1.78. The molecule has 2 aliphatic rings. The molecule has 0 saturated carbocycles. The van der Waals surface area contributed by atoms with Gasteiger partial charge in [0.1, 0.15) is 17.9 Å². The molecule has 0 unspecified atom stereocenters. The fourth-order valence-corrected chi connectivity index (χ4v) is 2.47. The Morgan fingerprint density at radius 2 is 2.30 bits per heavy atom. The number of halogens is 2. The molecule has 2 aliphatic heterocycles. The van der Waals surface area contributed by atoms with Crippen molar-refractivity contribution in [3.05, 3.63) is 34.3 Å². The van der Waals surface area contributed by atoms with Gasteiger partial charge in [-0.2, -0.15) is 0 Å². The highest BCUT2D eigenvalue weighted by Crippen LogP contribution is 2.29. The molecule has 0 spiro atoms. The van der Waals surface area contributed by atoms with E-state index in [-0.39, 0.29) is 17.9 Å². The molecule has 5 nitrogen and oxygen atoms in total. The largest absolute Gasteiger partial charge is 0.348 e. The molecule has 1 fully saturated rings. The molecule has 0 amide bonds. The van der Waals surface area contributed by atoms with Crippen LogP contribution in [0, 0.1) is 5.82 Å². The quantitative estimate of drug-likeness (QED) is 0.892. The van der Waals surface area contributed by atoms with Crippen LogP contribution in [0.3, 0.4) is 0 Å². The Morgan fingerprint density at radius 1 is 1.50 bits per heavy atom. The van der Waals surface area contributed by atoms with Crippen LogP contribution in [0.1, 0.15) is 19.5 Å². The third-order valence-electron chi connectivity index (χ3n) is 3.10. The summed E-state index contributed by atoms with van der Waals surface area (Å²) in [7, 11) is 0. The summed E-state index contributed by atoms with van der Waals surface area (Å²) < 4.78 is 25.6. The van der Waals surface area contributed by atoms with E-state index in [1.165, 1.54) is 12.3 Å². The van der Waals surface area contributed by atoms with Gasteiger partial charge in [0, 0.05) is 10.7 Å². The van der Waals surface area contributed by atoms with Gasteiger partial charge in [-0.25, -0.2) is 4.39 Å². The highest BCUT2D eigenvalue weighted by atomic mass is 79.9. The molecule has 1 aromatic rings. The SMILES string of the molecule is CC1(C)OC[C@H]([C@@H]2C=C(c3ncc(Br)cc3F)NO2)O1. The minimum Gasteiger partial charge on any atom is -0.348 e. The summed E-state index contributed by atoms with van der Waals surface area (Å²) >= 11 is 3.17. The second-order valence-corrected chi connectivity index (χ2v) is 6.03. The molecule has 20 heavy (non-hydrogen) atoms. The number of ether oxygens (including phenoxy) is 2. The zero-order valence-electron chi connectivity index (χ0n) is 11.0. The maximum atomic E-state index is 13.8. The van der Waals surface area contributed by atoms with Crippen LogP contribution in [0.15, 0.2) is 22.8 Å². The van der Waals surface area contributed by atoms with Crippen molar-refractivity contribution < 1.29 is 18.7 Å². The zero-order chi connectivity index (χ0) is 14.3. The van der Waals surface area contributed by atoms with Crippen molar-refractivity contribution in [2.45, 2.75) is 31.8 Å². The van der Waals surface area contributed by atoms with Crippen molar-refractivity contribution in [1.82, 2.24) is 10.5 Å². The first-order valence-electron chi connectivity index (χ1n) is 6.21. The standard InChI is InChI=1S/C13H14BrFN2O3/c1-13(2)18-6-11(19-13)10-4-9(17-20-10)12-8(15)3-7(14)5-16-12/h3-5,10-11,17H,6H2,1-2H3/t10-,11+/m0/s1. The van der Waals surface area contributed by atoms with Crippen LogP contribution in [-0.2, 0) is 14.3 Å². The first-order valence-corrected chi connectivity index (χ1v) is 7.00. The van der Waals surface area contributed by atoms with E-state index in [1.807, 2.05) is 13.8 Å². The first kappa shape index (κ1) is 13.9. The molecular weight excluding hydrogens is 331 g/mol. The second-order valence-electron chi connectivity index (χ2n) is 5.12. The van der Waals surface area contributed by atoms with Crippen LogP contribution < -0.4 is 5.48 Å². The lowest BCUT2D eigenvalue weighted by atomic mass is 10.1. The predicted molar refractivity (Wildman–Crippen MR) is 72.8 cm³/mol. The van der Waals surface area contributed by atoms with Crippen LogP contribution in [0.5, 0.6) is 0 Å². The Hall–Kier alpha value is -1.02. The van der Waals surface area contributed by atoms with Crippen molar-refractivity contribution in [1.29, 1.82) is 0 Å². The Bertz CT molecular complexity index is 565. The van der Waals surface area contributed by atoms with E-state index in [4.69, 9.17) is 14.3 Å². The third kappa shape index (κ3) is 2.71. The van der Waals surface area contributed by atoms with Crippen molar-refractivity contribution in [2.24, 2.45) is 0 Å². The van der Waals surface area contributed by atoms with Crippen LogP contribution in [-0.4, -0.2) is 29.6 Å². The van der Waals surface area contributed by atoms with Crippen LogP contribution in [0.2, 0.25) is 0 Å². The molecule has 3 rings (SSSR count). The van der Waals surface area contributed by atoms with E-state index in [2.05, 4.69) is 26.4 Å². The molecule has 3 heterocycles. The molecule has 1 N–H and O–H groups in total. The van der Waals surface area contributed by atoms with Crippen molar-refractivity contribution in [2.75, 3.05) is 6.61 Å². The summed E-state index contributed by atoms with van der Waals surface area (Å²) in [4.78, 5) is 9.46. The van der Waals surface area contributed by atoms with Gasteiger partial charge in [0.15, 0.2) is 11.6 Å². The summed E-state index contributed by atoms with van der Waals surface area (Å²) in [6, 6.07) is 1.36. The van der Waals surface area contributed by atoms with Gasteiger partial charge in [0.25, 0.3) is 0 Å². The highest BCUT2D eigenvalue weighted by Gasteiger charge is 2.39. The number of hydrogen-bond donors (Lipinski definition) is 1. The minimum atomic E-state index is -0.619. The third-order valence-corrected chi connectivity index (χ3v) is 3.53. The molecule has 108 valence electrons. The number of aromatic nitrogens is 1. The highest BCUT2D eigenvalue weighted by molar-refractivity contribution is 9.10. The minimum absolute atomic E-state index is 0.217. The van der Waals surface area contributed by atoms with Gasteiger partial charge in [-0.15, -0.1) is 0 Å². The smallest absolute Gasteiger partial charge is 0.163 e. The fraction of sp³-hybridized carbons (Fsp3) is 0.462. The molecule has 0 aliphatic carbocycles. The van der Waals surface area contributed by atoms with Crippen LogP contribution in [0.4, 0.5) is 4.39 Å². The van der Waals surface area contributed by atoms with Gasteiger partial charge in [-0.3, -0.25) is 15.3 Å². The average Bonchev–Trinajstić information content (AvgIpc) is 2.95. The number of hydrogen-bond acceptors (Lipinski definition) is 5. The summed E-state index contributed by atoms with van der Waals surface area (Å²) in [5.41, 5.74) is 3.41. The molecule has 0 aromatic carbocycles. The molecular formula is C13H14BrFN2O3. The first-order chi connectivity index (χ1) is 9.44. The van der Waals surface area contributed by atoms with E-state index in [0.717, 1.165) is 0 Å². The average molecular weight is 345 g/mol. The number of pyridine rings is 1. The second kappa shape index (κ2) is 5.07. The molecule has 0 bridgehead atoms. The summed E-state index contributed by atoms with van der Waals surface area (Å²) in [5, 5.41) is 0. The van der Waals surface area contributed by atoms with Gasteiger partial charge in [-0.05, 0) is 41.9 Å². The normalized spacial score (nSPS) is 28.3. The maximum Gasteiger partial charge on any atom is 0.163 e. The Kier molecular flexibility index (Phi) is 3.53. The number of hydroxylamine groups is 1. The van der Waals surface area contributed by atoms with E-state index >= 15 is 0 Å². The van der Waals surface area contributed by atoms with E-state index < -0.39 is 11.6 Å². The number of rotatable bonds is 2. The molecule has 7 heteroatoms. The molecule has 2 atom stereocenters. The van der Waals surface area contributed by atoms with Gasteiger partial charge in [-0.1, -0.05) is 0 Å². The molecule has 0 radical (unpaired) electrons. The summed E-state index contributed by atoms with van der Waals surface area (Å²) in [6.45, 7) is 4.12. The van der Waals surface area contributed by atoms with E-state index in [9.17, 15) is 4.39 Å². The molecule has 1 saturated heterocycles. The zero-order valence-corrected chi connectivity index (χ0v) is 12.6. The topological polar surface area (TPSA) is 52.6 Å². The van der Waals surface area contributed by atoms with E-state index in [1.54, 1.807) is 6.08 Å². The van der Waals surface area contributed by atoms with E-state index in [0.29, 0.717) is 16.8 Å². The van der Waals surface area contributed by atoms with Gasteiger partial charge in [0.2, 0.25) is 0 Å². The predicted octanol–water partition coefficient (Wildman–Crippen LogP) is 2.38. The van der Waals surface area contributed by atoms with Gasteiger partial charge < -0.3 is 9.47 Å². The summed E-state index contributed by atoms with van der Waals surface area (Å²) in [5.74, 6) is -1.04. The van der Waals surface area contributed by atoms with Crippen molar-refractivity contribution in [3.63, 3.8) is 0 Å². The van der Waals surface area contributed by atoms with Crippen molar-refractivity contribution >= 4 is 21.6 Å². The van der Waals surface area contributed by atoms with Gasteiger partial charge >= 0.3 is 0 Å². The Morgan fingerprint density at radius 3 is 2.95 bits per heavy atom. The summed E-state index contributed by atoms with van der Waals surface area (Å²) in [6.07, 6.45) is 2.73. The van der Waals surface area contributed by atoms with Crippen LogP contribution >= 0.6 is 15.9 Å². The monoisotopic (exact) mass is 344 g/mol. The number of nitrogens with one attached hydrogen (secondary N) is 1. The lowest BCUT2D eigenvalue weighted by molar-refractivity contribution is -0.153. The number of nitrogens with zero attached hydrogens (tertiary/aromatic N) is 1. The maximum absolute atomic E-state index is 13.8. The molecule has 1 aromatic heterocycles. The van der Waals surface area contributed by atoms with Crippen molar-refractivity contribution in [3.8, 4) is 0 Å². The lowest BCUT2D eigenvalue weighted by Crippen LogP contribution is -2.31. The van der Waals surface area contributed by atoms with Crippen LogP contribution in [0.25, 0.3) is 5.70 Å². The van der Waals surface area contributed by atoms with Gasteiger partial charge in [0.05, 0.1) is 12.3 Å². The fourth-order valence-electron chi connectivity index (χ4n) is 2.16. The lowest BCUT2D eigenvalue weighted by Gasteiger charge is -2.18. The Labute approximate surface area is 124 Å².